The van der Waals surface area contributed by atoms with Gasteiger partial charge < -0.3 is 35.4 Å². The Morgan fingerprint density at radius 2 is 1.06 bits per heavy atom. The molecular weight excluding hydrogens is 690 g/mol. The molecular formula is C42H79N3O9. The van der Waals surface area contributed by atoms with Crippen LogP contribution >= 0.6 is 0 Å². The summed E-state index contributed by atoms with van der Waals surface area (Å²) in [6.45, 7) is 3.28. The standard InChI is InChI=1S/C42H79N3O9/c1-3-5-7-9-11-13-14-15-16-17-18-19-21-23-25-27-31-45(37(49)28-26-24-22-20-12-10-8-6-4-2)42(43)39(41(53)40(52)35(33-46)54-42)34(47)32-44-36(48)29-30-38(50)51/h35,39-41,46,52-53H,3-33,43H2,1-2H3,(H,44,48)(H,50,51)/t35-,39-,40+,41-,42+/m1/s1. The monoisotopic (exact) mass is 770 g/mol. The molecule has 1 fully saturated rings. The maximum atomic E-state index is 13.9. The third-order valence-electron chi connectivity index (χ3n) is 10.9. The van der Waals surface area contributed by atoms with Crippen LogP contribution in [0, 0.1) is 5.92 Å². The van der Waals surface area contributed by atoms with Crippen LogP contribution in [0.25, 0.3) is 0 Å². The number of unbranched alkanes of at least 4 members (excludes halogenated alkanes) is 23. The minimum absolute atomic E-state index is 0.154. The summed E-state index contributed by atoms with van der Waals surface area (Å²) in [5.41, 5.74) is 6.84. The molecule has 1 rings (SSSR count). The number of hydrogen-bond donors (Lipinski definition) is 6. The first kappa shape index (κ1) is 49.9. The highest BCUT2D eigenvalue weighted by atomic mass is 16.6. The Balaban J connectivity index is 2.84. The maximum absolute atomic E-state index is 13.9. The quantitative estimate of drug-likeness (QED) is 0.0291. The first-order valence-electron chi connectivity index (χ1n) is 21.8. The molecule has 0 aromatic rings. The lowest BCUT2D eigenvalue weighted by atomic mass is 9.82. The summed E-state index contributed by atoms with van der Waals surface area (Å²) < 4.78 is 5.99. The van der Waals surface area contributed by atoms with E-state index in [4.69, 9.17) is 15.6 Å². The molecule has 1 saturated heterocycles. The Kier molecular flexibility index (Phi) is 28.7. The average Bonchev–Trinajstić information content (AvgIpc) is 3.15. The Morgan fingerprint density at radius 1 is 0.630 bits per heavy atom. The zero-order valence-electron chi connectivity index (χ0n) is 34.1. The molecule has 316 valence electrons. The van der Waals surface area contributed by atoms with E-state index in [2.05, 4.69) is 19.2 Å². The average molecular weight is 770 g/mol. The number of nitrogens with zero attached hydrogens (tertiary/aromatic N) is 1. The Morgan fingerprint density at radius 3 is 1.48 bits per heavy atom. The van der Waals surface area contributed by atoms with Gasteiger partial charge in [-0.3, -0.25) is 24.9 Å². The lowest BCUT2D eigenvalue weighted by molar-refractivity contribution is -0.291. The van der Waals surface area contributed by atoms with Crippen LogP contribution in [-0.4, -0.2) is 92.8 Å². The van der Waals surface area contributed by atoms with Gasteiger partial charge in [0.25, 0.3) is 0 Å². The van der Waals surface area contributed by atoms with Crippen molar-refractivity contribution in [2.75, 3.05) is 19.7 Å². The molecule has 0 unspecified atom stereocenters. The number of aliphatic hydroxyl groups excluding tert-OH is 3. The Labute approximate surface area is 326 Å². The van der Waals surface area contributed by atoms with Gasteiger partial charge in [0, 0.05) is 19.4 Å². The maximum Gasteiger partial charge on any atom is 0.303 e. The topological polar surface area (TPSA) is 200 Å². The summed E-state index contributed by atoms with van der Waals surface area (Å²) in [6.07, 6.45) is 23.3. The second kappa shape index (κ2) is 31.0. The fraction of sp³-hybridized carbons (Fsp3) is 0.905. The third-order valence-corrected chi connectivity index (χ3v) is 10.9. The highest BCUT2D eigenvalue weighted by molar-refractivity contribution is 5.90. The molecule has 7 N–H and O–H groups in total. The zero-order valence-corrected chi connectivity index (χ0v) is 34.1. The molecule has 12 heteroatoms. The lowest BCUT2D eigenvalue weighted by Gasteiger charge is -2.52. The van der Waals surface area contributed by atoms with E-state index in [1.807, 2.05) is 0 Å². The van der Waals surface area contributed by atoms with Crippen LogP contribution < -0.4 is 11.1 Å². The van der Waals surface area contributed by atoms with E-state index in [0.29, 0.717) is 12.8 Å². The molecule has 2 amide bonds. The fourth-order valence-corrected chi connectivity index (χ4v) is 7.48. The number of ether oxygens (including phenoxy) is 1. The molecule has 0 radical (unpaired) electrons. The minimum Gasteiger partial charge on any atom is -0.481 e. The number of amides is 2. The number of rotatable bonds is 35. The number of Topliss-reactive ketones (excluding diaryl/α,β-unsaturated/α-hetero) is 1. The molecule has 0 aliphatic carbocycles. The van der Waals surface area contributed by atoms with Crippen LogP contribution in [0.15, 0.2) is 0 Å². The van der Waals surface area contributed by atoms with E-state index in [-0.39, 0.29) is 25.3 Å². The summed E-state index contributed by atoms with van der Waals surface area (Å²) in [7, 11) is 0. The number of nitrogens with two attached hydrogens (primary N) is 1. The molecule has 0 aromatic heterocycles. The summed E-state index contributed by atoms with van der Waals surface area (Å²) in [6, 6.07) is 0. The smallest absolute Gasteiger partial charge is 0.303 e. The van der Waals surface area contributed by atoms with Crippen molar-refractivity contribution in [2.45, 2.75) is 218 Å². The van der Waals surface area contributed by atoms with Crippen LogP contribution in [0.1, 0.15) is 194 Å². The minimum atomic E-state index is -2.19. The molecule has 0 aromatic carbocycles. The third kappa shape index (κ3) is 20.7. The molecule has 1 aliphatic heterocycles. The number of carbonyl (C=O) groups is 4. The lowest BCUT2D eigenvalue weighted by Crippen LogP contribution is -2.75. The number of carboxylic acids is 1. The van der Waals surface area contributed by atoms with Crippen molar-refractivity contribution in [3.63, 3.8) is 0 Å². The van der Waals surface area contributed by atoms with E-state index in [9.17, 15) is 34.5 Å². The molecule has 12 nitrogen and oxygen atoms in total. The van der Waals surface area contributed by atoms with Gasteiger partial charge in [0.1, 0.15) is 18.1 Å². The van der Waals surface area contributed by atoms with Crippen molar-refractivity contribution in [2.24, 2.45) is 11.7 Å². The molecule has 1 heterocycles. The van der Waals surface area contributed by atoms with Gasteiger partial charge in [-0.25, -0.2) is 0 Å². The highest BCUT2D eigenvalue weighted by Gasteiger charge is 2.58. The van der Waals surface area contributed by atoms with Crippen molar-refractivity contribution in [1.82, 2.24) is 10.2 Å². The fourth-order valence-electron chi connectivity index (χ4n) is 7.48. The van der Waals surface area contributed by atoms with E-state index >= 15 is 0 Å². The number of aliphatic carboxylic acids is 1. The molecule has 0 saturated carbocycles. The molecule has 5 atom stereocenters. The van der Waals surface area contributed by atoms with Gasteiger partial charge in [0.2, 0.25) is 17.7 Å². The zero-order chi connectivity index (χ0) is 40.0. The van der Waals surface area contributed by atoms with Gasteiger partial charge in [-0.2, -0.15) is 0 Å². The van der Waals surface area contributed by atoms with Crippen molar-refractivity contribution in [3.8, 4) is 0 Å². The second-order valence-corrected chi connectivity index (χ2v) is 15.6. The van der Waals surface area contributed by atoms with Crippen LogP contribution in [0.2, 0.25) is 0 Å². The van der Waals surface area contributed by atoms with Gasteiger partial charge in [-0.05, 0) is 12.8 Å². The summed E-state index contributed by atoms with van der Waals surface area (Å²) in [5, 5.41) is 43.2. The summed E-state index contributed by atoms with van der Waals surface area (Å²) >= 11 is 0. The van der Waals surface area contributed by atoms with Crippen LogP contribution in [-0.2, 0) is 23.9 Å². The number of aliphatic hydroxyl groups is 3. The largest absolute Gasteiger partial charge is 0.481 e. The number of hydrogen-bond acceptors (Lipinski definition) is 9. The predicted octanol–water partition coefficient (Wildman–Crippen LogP) is 6.89. The van der Waals surface area contributed by atoms with Crippen molar-refractivity contribution < 1.29 is 44.3 Å². The highest BCUT2D eigenvalue weighted by Crippen LogP contribution is 2.36. The van der Waals surface area contributed by atoms with Crippen LogP contribution in [0.4, 0.5) is 0 Å². The SMILES string of the molecule is CCCCCCCCCCCCCCCCCCN(C(=O)CCCCCCCCCCC)[C@]1(N)O[C@H](CO)[C@H](O)[C@H](O)[C@H]1C(=O)CNC(=O)CCC(=O)O. The number of carboxylic acid groups (broad SMARTS) is 1. The van der Waals surface area contributed by atoms with Gasteiger partial charge in [0.05, 0.1) is 25.7 Å². The van der Waals surface area contributed by atoms with Gasteiger partial charge >= 0.3 is 5.97 Å². The van der Waals surface area contributed by atoms with E-state index in [0.717, 1.165) is 44.9 Å². The molecule has 1 aliphatic rings. The Bertz CT molecular complexity index is 1020. The molecule has 0 spiro atoms. The summed E-state index contributed by atoms with van der Waals surface area (Å²) in [5.74, 6) is -6.80. The molecule has 0 bridgehead atoms. The normalized spacial score (nSPS) is 21.2. The van der Waals surface area contributed by atoms with Gasteiger partial charge in [-0.15, -0.1) is 0 Å². The molecule has 54 heavy (non-hydrogen) atoms. The van der Waals surface area contributed by atoms with E-state index < -0.39 is 67.3 Å². The van der Waals surface area contributed by atoms with Crippen molar-refractivity contribution >= 4 is 23.6 Å². The number of carbonyl (C=O) groups excluding carboxylic acids is 3. The van der Waals surface area contributed by atoms with Crippen LogP contribution in [0.5, 0.6) is 0 Å². The Hall–Kier alpha value is -2.12. The van der Waals surface area contributed by atoms with Gasteiger partial charge in [-0.1, -0.05) is 162 Å². The second-order valence-electron chi connectivity index (χ2n) is 15.6. The predicted molar refractivity (Wildman–Crippen MR) is 212 cm³/mol. The first-order valence-corrected chi connectivity index (χ1v) is 21.8. The van der Waals surface area contributed by atoms with Crippen molar-refractivity contribution in [1.29, 1.82) is 0 Å². The van der Waals surface area contributed by atoms with E-state index in [1.165, 1.54) is 108 Å². The van der Waals surface area contributed by atoms with Crippen LogP contribution in [0.3, 0.4) is 0 Å². The first-order chi connectivity index (χ1) is 26.0. The van der Waals surface area contributed by atoms with Gasteiger partial charge in [0.15, 0.2) is 5.78 Å². The summed E-state index contributed by atoms with van der Waals surface area (Å²) in [4.78, 5) is 52.0. The van der Waals surface area contributed by atoms with Crippen molar-refractivity contribution in [3.05, 3.63) is 0 Å². The number of nitrogens with one attached hydrogen (secondary N) is 1. The number of ketones is 1. The van der Waals surface area contributed by atoms with E-state index in [1.54, 1.807) is 0 Å².